The molecule has 0 amide bonds. The van der Waals surface area contributed by atoms with Crippen molar-refractivity contribution in [2.45, 2.75) is 46.5 Å². The molecular weight excluding hydrogens is 491 g/mol. The molecule has 0 aliphatic heterocycles. The molecule has 29 heavy (non-hydrogen) atoms. The van der Waals surface area contributed by atoms with Gasteiger partial charge >= 0.3 is 11.9 Å². The fourth-order valence-electron chi connectivity index (χ4n) is 2.12. The maximum atomic E-state index is 11.9. The quantitative estimate of drug-likeness (QED) is 0.155. The second-order valence-electron chi connectivity index (χ2n) is 6.31. The number of carbonyl (C=O) groups is 2. The van der Waals surface area contributed by atoms with Crippen LogP contribution >= 0.6 is 22.6 Å². The van der Waals surface area contributed by atoms with Gasteiger partial charge in [-0.1, -0.05) is 13.2 Å². The number of aliphatic hydroxyl groups is 1. The fraction of sp³-hybridized carbons (Fsp3) is 0.429. The van der Waals surface area contributed by atoms with Gasteiger partial charge in [0.1, 0.15) is 0 Å². The number of carbonyl (C=O) groups excluding carboxylic acids is 2. The van der Waals surface area contributed by atoms with Crippen LogP contribution in [-0.4, -0.2) is 36.5 Å². The molecule has 160 valence electrons. The first kappa shape index (κ1) is 25.1. The highest BCUT2D eigenvalue weighted by Gasteiger charge is 2.19. The number of hydrogen-bond acceptors (Lipinski definition) is 7. The summed E-state index contributed by atoms with van der Waals surface area (Å²) in [6, 6.07) is 3.47. The molecule has 0 fully saturated rings. The van der Waals surface area contributed by atoms with Gasteiger partial charge in [0.25, 0.3) is 0 Å². The molecule has 1 aromatic carbocycles. The van der Waals surface area contributed by atoms with Crippen molar-refractivity contribution in [2.24, 2.45) is 0 Å². The Hall–Kier alpha value is -1.91. The number of hydrogen-bond donors (Lipinski definition) is 1. The zero-order valence-corrected chi connectivity index (χ0v) is 19.3. The van der Waals surface area contributed by atoms with E-state index in [-0.39, 0.29) is 24.2 Å². The van der Waals surface area contributed by atoms with Crippen molar-refractivity contribution in [3.05, 3.63) is 45.6 Å². The zero-order chi connectivity index (χ0) is 22.1. The summed E-state index contributed by atoms with van der Waals surface area (Å²) in [6.45, 7) is 14.4. The summed E-state index contributed by atoms with van der Waals surface area (Å²) in [7, 11) is 0. The Morgan fingerprint density at radius 1 is 1.21 bits per heavy atom. The summed E-state index contributed by atoms with van der Waals surface area (Å²) in [5, 5.41) is 9.91. The molecule has 1 aromatic rings. The SMILES string of the molecule is C=C(C)C(=O)OC(=O)C(=C)CCOc1cc(C(C)O)cc(I)c1OC(C)OCC. The molecule has 1 rings (SSSR count). The predicted molar refractivity (Wildman–Crippen MR) is 117 cm³/mol. The van der Waals surface area contributed by atoms with Gasteiger partial charge in [0.05, 0.1) is 16.3 Å². The van der Waals surface area contributed by atoms with Crippen LogP contribution in [0.1, 0.15) is 45.8 Å². The molecule has 0 aliphatic carbocycles. The van der Waals surface area contributed by atoms with Crippen LogP contribution in [0.4, 0.5) is 0 Å². The van der Waals surface area contributed by atoms with E-state index in [2.05, 4.69) is 40.5 Å². The lowest BCUT2D eigenvalue weighted by molar-refractivity contribution is -0.154. The highest BCUT2D eigenvalue weighted by Crippen LogP contribution is 2.37. The van der Waals surface area contributed by atoms with Crippen LogP contribution in [0.25, 0.3) is 0 Å². The summed E-state index contributed by atoms with van der Waals surface area (Å²) in [5.41, 5.74) is 0.870. The second kappa shape index (κ2) is 11.9. The van der Waals surface area contributed by atoms with Crippen LogP contribution < -0.4 is 9.47 Å². The van der Waals surface area contributed by atoms with E-state index in [1.54, 1.807) is 26.0 Å². The Morgan fingerprint density at radius 3 is 2.41 bits per heavy atom. The van der Waals surface area contributed by atoms with Crippen molar-refractivity contribution in [1.29, 1.82) is 0 Å². The summed E-state index contributed by atoms with van der Waals surface area (Å²) in [4.78, 5) is 23.3. The smallest absolute Gasteiger partial charge is 0.341 e. The van der Waals surface area contributed by atoms with Gasteiger partial charge in [-0.05, 0) is 68.0 Å². The average molecular weight is 518 g/mol. The van der Waals surface area contributed by atoms with Crippen LogP contribution in [0.15, 0.2) is 36.4 Å². The third kappa shape index (κ3) is 8.15. The predicted octanol–water partition coefficient (Wildman–Crippen LogP) is 4.08. The Morgan fingerprint density at radius 2 is 1.86 bits per heavy atom. The Balaban J connectivity index is 2.87. The Labute approximate surface area is 184 Å². The number of esters is 2. The van der Waals surface area contributed by atoms with Crippen LogP contribution in [0, 0.1) is 3.57 Å². The average Bonchev–Trinajstić information content (AvgIpc) is 2.63. The van der Waals surface area contributed by atoms with Gasteiger partial charge < -0.3 is 24.1 Å². The van der Waals surface area contributed by atoms with Crippen molar-refractivity contribution < 1.29 is 33.6 Å². The highest BCUT2D eigenvalue weighted by atomic mass is 127. The molecule has 0 radical (unpaired) electrons. The van der Waals surface area contributed by atoms with E-state index in [1.165, 1.54) is 6.92 Å². The van der Waals surface area contributed by atoms with Gasteiger partial charge in [-0.15, -0.1) is 0 Å². The molecule has 7 nitrogen and oxygen atoms in total. The van der Waals surface area contributed by atoms with Gasteiger partial charge in [-0.25, -0.2) is 9.59 Å². The monoisotopic (exact) mass is 518 g/mol. The number of benzene rings is 1. The lowest BCUT2D eigenvalue weighted by Gasteiger charge is -2.20. The van der Waals surface area contributed by atoms with Crippen LogP contribution in [0.5, 0.6) is 11.5 Å². The fourth-order valence-corrected chi connectivity index (χ4v) is 2.87. The van der Waals surface area contributed by atoms with Gasteiger partial charge in [-0.3, -0.25) is 0 Å². The van der Waals surface area contributed by atoms with E-state index in [9.17, 15) is 14.7 Å². The molecule has 0 saturated carbocycles. The zero-order valence-electron chi connectivity index (χ0n) is 17.1. The number of rotatable bonds is 11. The third-order valence-corrected chi connectivity index (χ3v) is 4.48. The molecule has 0 saturated heterocycles. The van der Waals surface area contributed by atoms with Crippen molar-refractivity contribution in [2.75, 3.05) is 13.2 Å². The second-order valence-corrected chi connectivity index (χ2v) is 7.47. The molecule has 1 N–H and O–H groups in total. The van der Waals surface area contributed by atoms with Crippen LogP contribution in [0.3, 0.4) is 0 Å². The molecule has 8 heteroatoms. The summed E-state index contributed by atoms with van der Waals surface area (Å²) >= 11 is 2.09. The highest BCUT2D eigenvalue weighted by molar-refractivity contribution is 14.1. The van der Waals surface area contributed by atoms with E-state index < -0.39 is 24.3 Å². The van der Waals surface area contributed by atoms with E-state index in [0.29, 0.717) is 23.7 Å². The summed E-state index contributed by atoms with van der Waals surface area (Å²) in [5.74, 6) is -0.743. The van der Waals surface area contributed by atoms with Crippen molar-refractivity contribution in [3.63, 3.8) is 0 Å². The first-order valence-corrected chi connectivity index (χ1v) is 10.2. The molecule has 0 aliphatic rings. The molecular formula is C21H27IO7. The maximum Gasteiger partial charge on any atom is 0.341 e. The Bertz CT molecular complexity index is 771. The lowest BCUT2D eigenvalue weighted by Crippen LogP contribution is -2.18. The lowest BCUT2D eigenvalue weighted by atomic mass is 10.1. The Kier molecular flexibility index (Phi) is 10.3. The molecule has 2 atom stereocenters. The van der Waals surface area contributed by atoms with Gasteiger partial charge in [0.15, 0.2) is 17.8 Å². The van der Waals surface area contributed by atoms with Crippen molar-refractivity contribution in [1.82, 2.24) is 0 Å². The molecule has 0 aromatic heterocycles. The largest absolute Gasteiger partial charge is 0.489 e. The number of halogens is 1. The van der Waals surface area contributed by atoms with Crippen molar-refractivity contribution in [3.8, 4) is 11.5 Å². The third-order valence-electron chi connectivity index (χ3n) is 3.68. The minimum absolute atomic E-state index is 0.0890. The standard InChI is InChI=1S/C21H27IO7/c1-7-26-15(6)28-19-17(22)10-16(14(5)23)11-18(19)27-9-8-13(4)21(25)29-20(24)12(2)3/h10-11,14-15,23H,2,4,7-9H2,1,3,5-6H3. The number of ether oxygens (including phenoxy) is 4. The number of aliphatic hydroxyl groups excluding tert-OH is 1. The minimum atomic E-state index is -0.824. The molecule has 0 spiro atoms. The summed E-state index contributed by atoms with van der Waals surface area (Å²) < 4.78 is 22.4. The van der Waals surface area contributed by atoms with Crippen LogP contribution in [-0.2, 0) is 19.1 Å². The van der Waals surface area contributed by atoms with Gasteiger partial charge in [0.2, 0.25) is 0 Å². The molecule has 0 heterocycles. The maximum absolute atomic E-state index is 11.9. The molecule has 0 bridgehead atoms. The first-order valence-electron chi connectivity index (χ1n) is 9.09. The van der Waals surface area contributed by atoms with Crippen molar-refractivity contribution >= 4 is 34.5 Å². The normalized spacial score (nSPS) is 12.6. The van der Waals surface area contributed by atoms with E-state index in [0.717, 1.165) is 3.57 Å². The van der Waals surface area contributed by atoms with E-state index in [4.69, 9.17) is 14.2 Å². The minimum Gasteiger partial charge on any atom is -0.489 e. The topological polar surface area (TPSA) is 91.3 Å². The van der Waals surface area contributed by atoms with Crippen LogP contribution in [0.2, 0.25) is 0 Å². The van der Waals surface area contributed by atoms with E-state index >= 15 is 0 Å². The van der Waals surface area contributed by atoms with Gasteiger partial charge in [-0.2, -0.15) is 0 Å². The summed E-state index contributed by atoms with van der Waals surface area (Å²) in [6.07, 6.45) is -1.05. The van der Waals surface area contributed by atoms with E-state index in [1.807, 2.05) is 6.92 Å². The molecule has 2 unspecified atom stereocenters. The van der Waals surface area contributed by atoms with Gasteiger partial charge in [0, 0.05) is 24.2 Å². The first-order chi connectivity index (χ1) is 13.6.